The summed E-state index contributed by atoms with van der Waals surface area (Å²) in [4.78, 5) is 28.2. The molecule has 172 valence electrons. The number of unbranched alkanes of at least 4 members (excludes halogenated alkanes) is 2. The van der Waals surface area contributed by atoms with Crippen molar-refractivity contribution in [2.24, 2.45) is 0 Å². The van der Waals surface area contributed by atoms with E-state index in [-0.39, 0.29) is 17.0 Å². The van der Waals surface area contributed by atoms with Crippen molar-refractivity contribution < 1.29 is 4.79 Å². The molecule has 6 nitrogen and oxygen atoms in total. The van der Waals surface area contributed by atoms with Crippen LogP contribution in [0.2, 0.25) is 0 Å². The second-order valence-electron chi connectivity index (χ2n) is 7.80. The Bertz CT molecular complexity index is 1180. The normalized spacial score (nSPS) is 14.7. The summed E-state index contributed by atoms with van der Waals surface area (Å²) in [6.45, 7) is 7.23. The monoisotopic (exact) mass is 480 g/mol. The first-order chi connectivity index (χ1) is 15.9. The van der Waals surface area contributed by atoms with Crippen LogP contribution in [0.4, 0.5) is 5.82 Å². The van der Waals surface area contributed by atoms with Gasteiger partial charge >= 0.3 is 0 Å². The van der Waals surface area contributed by atoms with Gasteiger partial charge in [-0.1, -0.05) is 74.1 Å². The third-order valence-electron chi connectivity index (χ3n) is 5.63. The summed E-state index contributed by atoms with van der Waals surface area (Å²) in [6.07, 6.45) is 4.78. The Hall–Kier alpha value is -2.89. The first kappa shape index (κ1) is 24.7. The van der Waals surface area contributed by atoms with Gasteiger partial charge in [0.2, 0.25) is 0 Å². The van der Waals surface area contributed by atoms with Gasteiger partial charge < -0.3 is 5.32 Å². The van der Waals surface area contributed by atoms with E-state index in [0.29, 0.717) is 45.8 Å². The van der Waals surface area contributed by atoms with E-state index in [1.807, 2.05) is 43.3 Å². The number of nitrogens with one attached hydrogen (secondary N) is 1. The van der Waals surface area contributed by atoms with E-state index in [1.54, 1.807) is 22.5 Å². The quantitative estimate of drug-likeness (QED) is 0.307. The van der Waals surface area contributed by atoms with E-state index in [0.717, 1.165) is 24.8 Å². The number of carbonyl (C=O) groups excluding carboxylic acids is 1. The molecule has 1 saturated heterocycles. The smallest absolute Gasteiger partial charge is 0.270 e. The predicted molar refractivity (Wildman–Crippen MR) is 139 cm³/mol. The molecule has 0 radical (unpaired) electrons. The van der Waals surface area contributed by atoms with Gasteiger partial charge in [-0.05, 0) is 37.5 Å². The van der Waals surface area contributed by atoms with Crippen molar-refractivity contribution in [2.45, 2.75) is 53.1 Å². The average molecular weight is 481 g/mol. The molecule has 1 amide bonds. The maximum Gasteiger partial charge on any atom is 0.270 e. The van der Waals surface area contributed by atoms with Crippen LogP contribution < -0.4 is 10.9 Å². The summed E-state index contributed by atoms with van der Waals surface area (Å²) in [7, 11) is 0. The van der Waals surface area contributed by atoms with Crippen molar-refractivity contribution in [3.05, 3.63) is 67.8 Å². The van der Waals surface area contributed by atoms with Crippen LogP contribution in [-0.4, -0.2) is 26.2 Å². The SMILES string of the molecule is CCCCCN1C(=O)/C(=C\c2c(C)c(C#N)c(=O)n(CC)c2NCc2ccccc2)SC1=S. The number of benzene rings is 1. The molecule has 1 aliphatic heterocycles. The molecule has 0 saturated carbocycles. The second kappa shape index (κ2) is 11.3. The number of pyridine rings is 1. The van der Waals surface area contributed by atoms with E-state index in [4.69, 9.17) is 12.2 Å². The lowest BCUT2D eigenvalue weighted by Gasteiger charge is -2.19. The molecule has 2 aromatic rings. The van der Waals surface area contributed by atoms with Gasteiger partial charge in [-0.15, -0.1) is 0 Å². The van der Waals surface area contributed by atoms with Crippen LogP contribution in [-0.2, 0) is 17.9 Å². The van der Waals surface area contributed by atoms with Gasteiger partial charge in [0.25, 0.3) is 11.5 Å². The van der Waals surface area contributed by atoms with E-state index in [2.05, 4.69) is 12.2 Å². The van der Waals surface area contributed by atoms with Crippen LogP contribution in [0.1, 0.15) is 55.4 Å². The standard InChI is InChI=1S/C25H28N4O2S2/c1-4-6-10-13-29-24(31)21(33-25(29)32)14-19-17(3)20(15-26)23(30)28(5-2)22(19)27-16-18-11-8-7-9-12-18/h7-9,11-12,14,27H,4-6,10,13,16H2,1-3H3/b21-14+. The minimum absolute atomic E-state index is 0.0896. The largest absolute Gasteiger partial charge is 0.367 e. The molecule has 33 heavy (non-hydrogen) atoms. The Labute approximate surface area is 204 Å². The zero-order chi connectivity index (χ0) is 24.0. The number of carbonyl (C=O) groups is 1. The number of anilines is 1. The summed E-state index contributed by atoms with van der Waals surface area (Å²) >= 11 is 6.73. The summed E-state index contributed by atoms with van der Waals surface area (Å²) < 4.78 is 2.10. The number of hydrogen-bond donors (Lipinski definition) is 1. The van der Waals surface area contributed by atoms with Crippen molar-refractivity contribution in [3.8, 4) is 6.07 Å². The van der Waals surface area contributed by atoms with Crippen molar-refractivity contribution in [1.29, 1.82) is 5.26 Å². The lowest BCUT2D eigenvalue weighted by atomic mass is 10.0. The van der Waals surface area contributed by atoms with Gasteiger partial charge in [-0.3, -0.25) is 19.1 Å². The van der Waals surface area contributed by atoms with Crippen molar-refractivity contribution in [1.82, 2.24) is 9.47 Å². The number of thioether (sulfide) groups is 1. The minimum atomic E-state index is -0.336. The molecule has 0 bridgehead atoms. The van der Waals surface area contributed by atoms with Crippen molar-refractivity contribution >= 4 is 46.1 Å². The maximum atomic E-state index is 13.1. The van der Waals surface area contributed by atoms with E-state index in [9.17, 15) is 14.9 Å². The number of amides is 1. The highest BCUT2D eigenvalue weighted by Gasteiger charge is 2.32. The lowest BCUT2D eigenvalue weighted by Crippen LogP contribution is -2.29. The van der Waals surface area contributed by atoms with Crippen LogP contribution >= 0.6 is 24.0 Å². The zero-order valence-corrected chi connectivity index (χ0v) is 20.8. The number of nitriles is 1. The second-order valence-corrected chi connectivity index (χ2v) is 9.48. The van der Waals surface area contributed by atoms with Gasteiger partial charge in [-0.2, -0.15) is 5.26 Å². The van der Waals surface area contributed by atoms with E-state index < -0.39 is 0 Å². The number of thiocarbonyl (C=S) groups is 1. The Morgan fingerprint density at radius 2 is 1.91 bits per heavy atom. The highest BCUT2D eigenvalue weighted by molar-refractivity contribution is 8.26. The lowest BCUT2D eigenvalue weighted by molar-refractivity contribution is -0.122. The topological polar surface area (TPSA) is 78.1 Å². The van der Waals surface area contributed by atoms with Crippen LogP contribution in [0, 0.1) is 18.3 Å². The summed E-state index contributed by atoms with van der Waals surface area (Å²) in [5.41, 5.74) is 2.03. The summed E-state index contributed by atoms with van der Waals surface area (Å²) in [6, 6.07) is 11.9. The highest BCUT2D eigenvalue weighted by Crippen LogP contribution is 2.35. The molecule has 1 fully saturated rings. The van der Waals surface area contributed by atoms with Crippen molar-refractivity contribution in [2.75, 3.05) is 11.9 Å². The Balaban J connectivity index is 2.06. The number of nitrogens with zero attached hydrogens (tertiary/aromatic N) is 3. The number of rotatable bonds is 9. The summed E-state index contributed by atoms with van der Waals surface area (Å²) in [5.74, 6) is 0.473. The van der Waals surface area contributed by atoms with Gasteiger partial charge in [0.15, 0.2) is 0 Å². The molecule has 0 aliphatic carbocycles. The minimum Gasteiger partial charge on any atom is -0.367 e. The molecule has 0 atom stereocenters. The van der Waals surface area contributed by atoms with Crippen molar-refractivity contribution in [3.63, 3.8) is 0 Å². The zero-order valence-electron chi connectivity index (χ0n) is 19.2. The Morgan fingerprint density at radius 1 is 1.18 bits per heavy atom. The maximum absolute atomic E-state index is 13.1. The summed E-state index contributed by atoms with van der Waals surface area (Å²) in [5, 5.41) is 13.0. The molecule has 1 N–H and O–H groups in total. The molecule has 1 aliphatic rings. The van der Waals surface area contributed by atoms with Gasteiger partial charge in [0.05, 0.1) is 4.91 Å². The molecule has 0 spiro atoms. The fourth-order valence-corrected chi connectivity index (χ4v) is 5.07. The van der Waals surface area contributed by atoms with Crippen LogP contribution in [0.5, 0.6) is 0 Å². The number of hydrogen-bond acceptors (Lipinski definition) is 6. The van der Waals surface area contributed by atoms with Crippen LogP contribution in [0.15, 0.2) is 40.0 Å². The van der Waals surface area contributed by atoms with E-state index in [1.165, 1.54) is 11.8 Å². The Kier molecular flexibility index (Phi) is 8.48. The number of aromatic nitrogens is 1. The third kappa shape index (κ3) is 5.37. The third-order valence-corrected chi connectivity index (χ3v) is 7.01. The van der Waals surface area contributed by atoms with E-state index >= 15 is 0 Å². The molecule has 2 heterocycles. The van der Waals surface area contributed by atoms with Gasteiger partial charge in [0.1, 0.15) is 21.8 Å². The molecule has 1 aromatic heterocycles. The fourth-order valence-electron chi connectivity index (χ4n) is 3.78. The predicted octanol–water partition coefficient (Wildman–Crippen LogP) is 5.05. The van der Waals surface area contributed by atoms with Gasteiger partial charge in [0, 0.05) is 25.2 Å². The molecule has 8 heteroatoms. The van der Waals surface area contributed by atoms with Gasteiger partial charge in [-0.25, -0.2) is 0 Å². The Morgan fingerprint density at radius 3 is 2.55 bits per heavy atom. The molecular formula is C25H28N4O2S2. The molecule has 1 aromatic carbocycles. The first-order valence-corrected chi connectivity index (χ1v) is 12.4. The van der Waals surface area contributed by atoms with Crippen LogP contribution in [0.3, 0.4) is 0 Å². The average Bonchev–Trinajstić information content (AvgIpc) is 3.08. The molecule has 0 unspecified atom stereocenters. The van der Waals surface area contributed by atoms with Crippen LogP contribution in [0.25, 0.3) is 6.08 Å². The first-order valence-electron chi connectivity index (χ1n) is 11.1. The fraction of sp³-hybridized carbons (Fsp3) is 0.360. The molecule has 3 rings (SSSR count). The highest BCUT2D eigenvalue weighted by atomic mass is 32.2. The molecular weight excluding hydrogens is 452 g/mol.